The summed E-state index contributed by atoms with van der Waals surface area (Å²) in [6.45, 7) is 9.45. The summed E-state index contributed by atoms with van der Waals surface area (Å²) in [5, 5.41) is 4.40. The summed E-state index contributed by atoms with van der Waals surface area (Å²) in [5.41, 5.74) is 2.16. The van der Waals surface area contributed by atoms with E-state index >= 15 is 0 Å². The van der Waals surface area contributed by atoms with E-state index in [0.29, 0.717) is 12.5 Å². The van der Waals surface area contributed by atoms with Gasteiger partial charge in [0.15, 0.2) is 0 Å². The van der Waals surface area contributed by atoms with E-state index in [4.69, 9.17) is 9.47 Å². The zero-order chi connectivity index (χ0) is 15.9. The van der Waals surface area contributed by atoms with Gasteiger partial charge in [0.05, 0.1) is 0 Å². The van der Waals surface area contributed by atoms with Crippen molar-refractivity contribution in [1.29, 1.82) is 0 Å². The molecule has 118 valence electrons. The Hall–Kier alpha value is -0.971. The van der Waals surface area contributed by atoms with Gasteiger partial charge >= 0.3 is 141 Å². The van der Waals surface area contributed by atoms with Crippen molar-refractivity contribution in [2.75, 3.05) is 13.7 Å². The van der Waals surface area contributed by atoms with E-state index in [0.717, 1.165) is 22.8 Å². The van der Waals surface area contributed by atoms with Crippen LogP contribution in [0.2, 0.25) is 0 Å². The van der Waals surface area contributed by atoms with E-state index in [-0.39, 0.29) is 19.5 Å². The molecule has 2 aromatic rings. The Kier molecular flexibility index (Phi) is 4.27. The van der Waals surface area contributed by atoms with Crippen LogP contribution in [-0.2, 0) is 4.75 Å². The summed E-state index contributed by atoms with van der Waals surface area (Å²) in [7, 11) is 1.68. The fraction of sp³-hybridized carbons (Fsp3) is 0.500. The molecule has 1 aromatic heterocycles. The Balaban J connectivity index is 2.07. The van der Waals surface area contributed by atoms with Crippen molar-refractivity contribution >= 4 is 26.5 Å². The number of nitrogens with zero attached hydrogens (tertiary/aromatic N) is 2. The summed E-state index contributed by atoms with van der Waals surface area (Å²) in [4.78, 5) is 1.19. The summed E-state index contributed by atoms with van der Waals surface area (Å²) in [6, 6.07) is 4.14. The fourth-order valence-electron chi connectivity index (χ4n) is 2.42. The molecule has 1 aliphatic heterocycles. The molecule has 3 rings (SSSR count). The average Bonchev–Trinajstić information content (AvgIpc) is 2.94. The molecule has 1 aliphatic rings. The number of aromatic nitrogens is 2. The Morgan fingerprint density at radius 1 is 1.27 bits per heavy atom. The van der Waals surface area contributed by atoms with Crippen LogP contribution in [-0.4, -0.2) is 37.6 Å². The van der Waals surface area contributed by atoms with E-state index in [1.165, 1.54) is 9.33 Å². The van der Waals surface area contributed by atoms with Gasteiger partial charge in [0.1, 0.15) is 0 Å². The Bertz CT molecular complexity index is 697. The van der Waals surface area contributed by atoms with Crippen molar-refractivity contribution < 1.29 is 9.47 Å². The maximum atomic E-state index is 5.93. The SMILES string of the molecule is COc1cc2c(cc1OCC(C)C)SC(C)(C)c1[se]nnc1-2. The van der Waals surface area contributed by atoms with E-state index in [2.05, 4.69) is 43.0 Å². The summed E-state index contributed by atoms with van der Waals surface area (Å²) >= 11 is 1.98. The predicted octanol–water partition coefficient (Wildman–Crippen LogP) is 3.58. The van der Waals surface area contributed by atoms with Crippen LogP contribution in [0.1, 0.15) is 32.1 Å². The van der Waals surface area contributed by atoms with Crippen LogP contribution in [0.3, 0.4) is 0 Å². The quantitative estimate of drug-likeness (QED) is 0.755. The second-order valence-corrected chi connectivity index (χ2v) is 9.51. The van der Waals surface area contributed by atoms with Crippen molar-refractivity contribution in [3.8, 4) is 22.8 Å². The van der Waals surface area contributed by atoms with Crippen LogP contribution in [0.5, 0.6) is 11.5 Å². The van der Waals surface area contributed by atoms with Crippen molar-refractivity contribution in [2.24, 2.45) is 5.92 Å². The molecular weight excluding hydrogens is 363 g/mol. The Morgan fingerprint density at radius 2 is 2.05 bits per heavy atom. The third-order valence-corrected chi connectivity index (χ3v) is 7.26. The molecule has 0 radical (unpaired) electrons. The van der Waals surface area contributed by atoms with Gasteiger partial charge in [-0.05, 0) is 0 Å². The van der Waals surface area contributed by atoms with Crippen LogP contribution in [0.15, 0.2) is 17.0 Å². The maximum absolute atomic E-state index is 5.93. The molecule has 0 aliphatic carbocycles. The third-order valence-electron chi connectivity index (χ3n) is 3.49. The molecule has 22 heavy (non-hydrogen) atoms. The number of fused-ring (bicyclic) bond motifs is 3. The van der Waals surface area contributed by atoms with E-state index < -0.39 is 0 Å². The number of hydrogen-bond donors (Lipinski definition) is 0. The first-order chi connectivity index (χ1) is 10.4. The molecule has 6 heteroatoms. The Labute approximate surface area is 141 Å². The van der Waals surface area contributed by atoms with Gasteiger partial charge in [-0.25, -0.2) is 0 Å². The first kappa shape index (κ1) is 15.9. The third kappa shape index (κ3) is 2.80. The first-order valence-corrected chi connectivity index (χ1v) is 9.73. The van der Waals surface area contributed by atoms with Crippen molar-refractivity contribution in [2.45, 2.75) is 37.3 Å². The normalized spacial score (nSPS) is 15.4. The number of rotatable bonds is 4. The summed E-state index contributed by atoms with van der Waals surface area (Å²) in [5.74, 6) is 2.05. The average molecular weight is 383 g/mol. The molecule has 0 saturated heterocycles. The molecule has 0 N–H and O–H groups in total. The van der Waals surface area contributed by atoms with E-state index in [9.17, 15) is 0 Å². The second kappa shape index (κ2) is 5.91. The molecule has 0 spiro atoms. The van der Waals surface area contributed by atoms with Crippen LogP contribution < -0.4 is 9.47 Å². The van der Waals surface area contributed by atoms with Gasteiger partial charge in [-0.3, -0.25) is 0 Å². The van der Waals surface area contributed by atoms with Gasteiger partial charge in [0.25, 0.3) is 0 Å². The first-order valence-electron chi connectivity index (χ1n) is 7.29. The zero-order valence-corrected chi connectivity index (χ0v) is 16.0. The Morgan fingerprint density at radius 3 is 2.73 bits per heavy atom. The number of benzene rings is 1. The molecule has 4 nitrogen and oxygen atoms in total. The van der Waals surface area contributed by atoms with Crippen molar-refractivity contribution in [3.05, 3.63) is 16.6 Å². The molecule has 0 saturated carbocycles. The van der Waals surface area contributed by atoms with Gasteiger partial charge in [-0.2, -0.15) is 0 Å². The summed E-state index contributed by atoms with van der Waals surface area (Å²) < 4.78 is 17.1. The van der Waals surface area contributed by atoms with Crippen LogP contribution in [0, 0.1) is 5.92 Å². The molecule has 0 bridgehead atoms. The monoisotopic (exact) mass is 384 g/mol. The number of methoxy groups -OCH3 is 1. The predicted molar refractivity (Wildman–Crippen MR) is 90.2 cm³/mol. The summed E-state index contributed by atoms with van der Waals surface area (Å²) in [6.07, 6.45) is 0. The zero-order valence-electron chi connectivity index (χ0n) is 13.5. The van der Waals surface area contributed by atoms with E-state index in [1.807, 2.05) is 17.8 Å². The van der Waals surface area contributed by atoms with Gasteiger partial charge < -0.3 is 0 Å². The van der Waals surface area contributed by atoms with E-state index in [1.54, 1.807) is 7.11 Å². The van der Waals surface area contributed by atoms with Crippen molar-refractivity contribution in [1.82, 2.24) is 9.19 Å². The van der Waals surface area contributed by atoms with Crippen LogP contribution in [0.25, 0.3) is 11.3 Å². The van der Waals surface area contributed by atoms with Crippen molar-refractivity contribution in [3.63, 3.8) is 0 Å². The van der Waals surface area contributed by atoms with Gasteiger partial charge in [-0.15, -0.1) is 0 Å². The molecular formula is C16H20N2O2SSe. The van der Waals surface area contributed by atoms with Crippen LogP contribution >= 0.6 is 11.8 Å². The standard InChI is InChI=1S/C16H20N2O2SSe/c1-9(2)8-20-12-7-13-10(6-11(12)19-5)14-15(22-18-17-14)16(3,4)21-13/h6-7,9H,8H2,1-5H3. The topological polar surface area (TPSA) is 44.2 Å². The van der Waals surface area contributed by atoms with Gasteiger partial charge in [-0.1, -0.05) is 0 Å². The number of ether oxygens (including phenoxy) is 2. The molecule has 1 aromatic carbocycles. The number of thioether (sulfide) groups is 1. The molecule has 2 heterocycles. The van der Waals surface area contributed by atoms with Gasteiger partial charge in [0.2, 0.25) is 0 Å². The number of hydrogen-bond acceptors (Lipinski definition) is 5. The fourth-order valence-corrected chi connectivity index (χ4v) is 5.44. The molecule has 0 amide bonds. The molecule has 0 fully saturated rings. The van der Waals surface area contributed by atoms with Gasteiger partial charge in [0, 0.05) is 0 Å². The minimum absolute atomic E-state index is 0.0374. The minimum atomic E-state index is 0.0374. The molecule has 0 unspecified atom stereocenters. The molecule has 0 atom stereocenters. The second-order valence-electron chi connectivity index (χ2n) is 6.27. The van der Waals surface area contributed by atoms with Crippen LogP contribution in [0.4, 0.5) is 0 Å².